The van der Waals surface area contributed by atoms with Gasteiger partial charge in [-0.1, -0.05) is 6.07 Å². The van der Waals surface area contributed by atoms with Crippen LogP contribution >= 0.6 is 0 Å². The van der Waals surface area contributed by atoms with Crippen molar-refractivity contribution in [3.05, 3.63) is 35.4 Å². The molecule has 0 aliphatic carbocycles. The molecule has 0 aliphatic heterocycles. The molecular formula is C8H10F2N2. The first-order valence-electron chi connectivity index (χ1n) is 3.58. The minimum absolute atomic E-state index is 0.318. The summed E-state index contributed by atoms with van der Waals surface area (Å²) in [6.07, 6.45) is 0. The van der Waals surface area contributed by atoms with Crippen LogP contribution in [0.3, 0.4) is 0 Å². The fraction of sp³-hybridized carbons (Fsp3) is 0.250. The van der Waals surface area contributed by atoms with Gasteiger partial charge in [0.2, 0.25) is 0 Å². The first kappa shape index (κ1) is 9.09. The fourth-order valence-electron chi connectivity index (χ4n) is 0.866. The van der Waals surface area contributed by atoms with Gasteiger partial charge >= 0.3 is 0 Å². The molecule has 1 aromatic carbocycles. The van der Waals surface area contributed by atoms with Gasteiger partial charge in [-0.25, -0.2) is 8.78 Å². The first-order valence-corrected chi connectivity index (χ1v) is 3.58. The Morgan fingerprint density at radius 1 is 1.25 bits per heavy atom. The smallest absolute Gasteiger partial charge is 0.159 e. The Kier molecular flexibility index (Phi) is 3.13. The third-order valence-corrected chi connectivity index (χ3v) is 1.46. The van der Waals surface area contributed by atoms with Gasteiger partial charge in [-0.3, -0.25) is 0 Å². The molecule has 0 spiro atoms. The second-order valence-electron chi connectivity index (χ2n) is 2.38. The monoisotopic (exact) mass is 172 g/mol. The highest BCUT2D eigenvalue weighted by Crippen LogP contribution is 2.07. The predicted octanol–water partition coefficient (Wildman–Crippen LogP) is 0.971. The third-order valence-electron chi connectivity index (χ3n) is 1.46. The standard InChI is InChI=1S/C8H10F2N2/c9-7-2-1-6(3-8(7)10)4-12-5-11/h1-3,12H,4-5,11H2. The van der Waals surface area contributed by atoms with E-state index >= 15 is 0 Å². The molecule has 0 radical (unpaired) electrons. The summed E-state index contributed by atoms with van der Waals surface area (Å²) in [6.45, 7) is 0.771. The molecule has 1 aromatic rings. The summed E-state index contributed by atoms with van der Waals surface area (Å²) in [7, 11) is 0. The molecule has 66 valence electrons. The van der Waals surface area contributed by atoms with Crippen molar-refractivity contribution >= 4 is 0 Å². The van der Waals surface area contributed by atoms with Crippen molar-refractivity contribution in [1.82, 2.24) is 5.32 Å². The molecule has 0 atom stereocenters. The minimum atomic E-state index is -0.827. The molecule has 0 fully saturated rings. The van der Waals surface area contributed by atoms with Crippen molar-refractivity contribution in [2.24, 2.45) is 5.73 Å². The molecule has 0 amide bonds. The van der Waals surface area contributed by atoms with E-state index in [4.69, 9.17) is 5.73 Å². The molecule has 3 N–H and O–H groups in total. The zero-order valence-corrected chi connectivity index (χ0v) is 6.48. The van der Waals surface area contributed by atoms with E-state index in [2.05, 4.69) is 5.32 Å². The van der Waals surface area contributed by atoms with Crippen molar-refractivity contribution in [1.29, 1.82) is 0 Å². The Balaban J connectivity index is 2.69. The normalized spacial score (nSPS) is 10.2. The van der Waals surface area contributed by atoms with Crippen LogP contribution in [0.1, 0.15) is 5.56 Å². The van der Waals surface area contributed by atoms with Crippen LogP contribution in [-0.2, 0) is 6.54 Å². The fourth-order valence-corrected chi connectivity index (χ4v) is 0.866. The number of nitrogens with one attached hydrogen (secondary N) is 1. The van der Waals surface area contributed by atoms with Gasteiger partial charge in [0, 0.05) is 13.2 Å². The van der Waals surface area contributed by atoms with Crippen LogP contribution in [0.15, 0.2) is 18.2 Å². The Hall–Kier alpha value is -1.00. The van der Waals surface area contributed by atoms with Crippen LogP contribution in [0.25, 0.3) is 0 Å². The van der Waals surface area contributed by atoms with Gasteiger partial charge in [0.1, 0.15) is 0 Å². The second kappa shape index (κ2) is 4.13. The lowest BCUT2D eigenvalue weighted by molar-refractivity contribution is 0.506. The van der Waals surface area contributed by atoms with E-state index in [0.717, 1.165) is 12.1 Å². The van der Waals surface area contributed by atoms with Crippen LogP contribution in [0.4, 0.5) is 8.78 Å². The summed E-state index contributed by atoms with van der Waals surface area (Å²) in [6, 6.07) is 3.77. The number of rotatable bonds is 3. The van der Waals surface area contributed by atoms with Crippen LogP contribution in [-0.4, -0.2) is 6.67 Å². The van der Waals surface area contributed by atoms with Crippen LogP contribution in [0.5, 0.6) is 0 Å². The van der Waals surface area contributed by atoms with Gasteiger partial charge in [-0.2, -0.15) is 0 Å². The predicted molar refractivity (Wildman–Crippen MR) is 42.3 cm³/mol. The maximum Gasteiger partial charge on any atom is 0.159 e. The van der Waals surface area contributed by atoms with Gasteiger partial charge < -0.3 is 11.1 Å². The van der Waals surface area contributed by atoms with Crippen LogP contribution in [0.2, 0.25) is 0 Å². The zero-order chi connectivity index (χ0) is 8.97. The van der Waals surface area contributed by atoms with Gasteiger partial charge in [0.15, 0.2) is 11.6 Å². The maximum absolute atomic E-state index is 12.6. The van der Waals surface area contributed by atoms with Crippen molar-refractivity contribution in [2.45, 2.75) is 6.54 Å². The van der Waals surface area contributed by atoms with Crippen molar-refractivity contribution in [2.75, 3.05) is 6.67 Å². The van der Waals surface area contributed by atoms with Gasteiger partial charge in [0.05, 0.1) is 0 Å². The van der Waals surface area contributed by atoms with E-state index in [9.17, 15) is 8.78 Å². The summed E-state index contributed by atoms with van der Waals surface area (Å²) >= 11 is 0. The van der Waals surface area contributed by atoms with E-state index in [1.54, 1.807) is 0 Å². The average Bonchev–Trinajstić information content (AvgIpc) is 2.07. The Morgan fingerprint density at radius 2 is 2.00 bits per heavy atom. The Bertz CT molecular complexity index is 263. The molecular weight excluding hydrogens is 162 g/mol. The van der Waals surface area contributed by atoms with Crippen LogP contribution < -0.4 is 11.1 Å². The Labute approximate surface area is 69.4 Å². The maximum atomic E-state index is 12.6. The highest BCUT2D eigenvalue weighted by Gasteiger charge is 2.00. The molecule has 4 heteroatoms. The molecule has 0 unspecified atom stereocenters. The Morgan fingerprint density at radius 3 is 2.58 bits per heavy atom. The average molecular weight is 172 g/mol. The second-order valence-corrected chi connectivity index (χ2v) is 2.38. The highest BCUT2D eigenvalue weighted by molar-refractivity contribution is 5.17. The third kappa shape index (κ3) is 2.25. The topological polar surface area (TPSA) is 38.0 Å². The lowest BCUT2D eigenvalue weighted by Crippen LogP contribution is -2.21. The van der Waals surface area contributed by atoms with Gasteiger partial charge in [0.25, 0.3) is 0 Å². The SMILES string of the molecule is NCNCc1ccc(F)c(F)c1. The highest BCUT2D eigenvalue weighted by atomic mass is 19.2. The number of halogens is 2. The van der Waals surface area contributed by atoms with Gasteiger partial charge in [-0.05, 0) is 17.7 Å². The number of benzene rings is 1. The molecule has 0 aromatic heterocycles. The number of nitrogens with two attached hydrogens (primary N) is 1. The summed E-state index contributed by atoms with van der Waals surface area (Å²) < 4.78 is 25.0. The van der Waals surface area contributed by atoms with Crippen molar-refractivity contribution in [3.63, 3.8) is 0 Å². The number of hydrogen-bond acceptors (Lipinski definition) is 2. The largest absolute Gasteiger partial charge is 0.318 e. The molecule has 2 nitrogen and oxygen atoms in total. The number of hydrogen-bond donors (Lipinski definition) is 2. The summed E-state index contributed by atoms with van der Waals surface area (Å²) in [5.74, 6) is -1.65. The molecule has 1 rings (SSSR count). The molecule has 0 heterocycles. The van der Waals surface area contributed by atoms with E-state index in [0.29, 0.717) is 18.8 Å². The first-order chi connectivity index (χ1) is 5.74. The lowest BCUT2D eigenvalue weighted by Gasteiger charge is -2.01. The molecule has 0 saturated heterocycles. The van der Waals surface area contributed by atoms with E-state index in [-0.39, 0.29) is 0 Å². The van der Waals surface area contributed by atoms with E-state index in [1.165, 1.54) is 6.07 Å². The molecule has 0 saturated carbocycles. The lowest BCUT2D eigenvalue weighted by atomic mass is 10.2. The summed E-state index contributed by atoms with van der Waals surface area (Å²) in [4.78, 5) is 0. The van der Waals surface area contributed by atoms with Gasteiger partial charge in [-0.15, -0.1) is 0 Å². The van der Waals surface area contributed by atoms with E-state index < -0.39 is 11.6 Å². The molecule has 0 aliphatic rings. The van der Waals surface area contributed by atoms with Crippen LogP contribution in [0, 0.1) is 11.6 Å². The van der Waals surface area contributed by atoms with Crippen molar-refractivity contribution < 1.29 is 8.78 Å². The quantitative estimate of drug-likeness (QED) is 0.667. The zero-order valence-electron chi connectivity index (χ0n) is 6.48. The molecule has 12 heavy (non-hydrogen) atoms. The van der Waals surface area contributed by atoms with E-state index in [1.807, 2.05) is 0 Å². The molecule has 0 bridgehead atoms. The minimum Gasteiger partial charge on any atom is -0.318 e. The van der Waals surface area contributed by atoms with Crippen molar-refractivity contribution in [3.8, 4) is 0 Å². The summed E-state index contributed by atoms with van der Waals surface area (Å²) in [5.41, 5.74) is 5.85. The summed E-state index contributed by atoms with van der Waals surface area (Å²) in [5, 5.41) is 2.80.